The normalized spacial score (nSPS) is 24.6. The van der Waals surface area contributed by atoms with E-state index in [2.05, 4.69) is 90.0 Å². The molecule has 6 atom stereocenters. The van der Waals surface area contributed by atoms with Crippen LogP contribution in [-0.2, 0) is 25.7 Å². The van der Waals surface area contributed by atoms with Crippen LogP contribution in [0.1, 0.15) is 117 Å². The molecule has 2 saturated carbocycles. The van der Waals surface area contributed by atoms with Gasteiger partial charge in [-0.1, -0.05) is 48.7 Å². The van der Waals surface area contributed by atoms with E-state index in [1.165, 1.54) is 0 Å². The standard InChI is InChI=1S/2C38H38F3N5O3Si/c2*1-50(2)29-17-20(44-13-3-14-44)5-7-24(29)31(25-8-6-21(18-30(25)50)45-15-4-16-45)32-33(38(48)49)34(39)36(41)37(35(32)40)46-28-12-10-23-22(26(23)19-47)9-11-27(28)42-43-46/h2*5-8,17-18,22-23,26,47H,3-4,9-16,19H2,1-2H3/t2*22-,23+,26-/m10/s1. The molecular formula is C76H76F6N10O6Si2. The molecule has 16 nitrogen and oxygen atoms in total. The molecular weight excluding hydrogens is 1320 g/mol. The van der Waals surface area contributed by atoms with Crippen LogP contribution in [0.5, 0.6) is 0 Å². The van der Waals surface area contributed by atoms with Gasteiger partial charge in [-0.25, -0.2) is 44.9 Å². The molecule has 2 aromatic heterocycles. The molecule has 6 aliphatic heterocycles. The molecule has 6 aromatic rings. The molecule has 18 rings (SSSR count). The predicted molar refractivity (Wildman–Crippen MR) is 366 cm³/mol. The number of carbonyl (C=O) groups excluding carboxylic acids is 2. The van der Waals surface area contributed by atoms with Crippen LogP contribution in [0, 0.1) is 70.4 Å². The van der Waals surface area contributed by atoms with Crippen LogP contribution in [0.2, 0.25) is 26.2 Å². The number of nitrogens with zero attached hydrogens (tertiary/aromatic N) is 10. The minimum Gasteiger partial charge on any atom is -0.545 e. The Morgan fingerprint density at radius 2 is 0.900 bits per heavy atom. The van der Waals surface area contributed by atoms with Gasteiger partial charge in [0.15, 0.2) is 46.3 Å². The van der Waals surface area contributed by atoms with Gasteiger partial charge in [-0.05, 0) is 190 Å². The van der Waals surface area contributed by atoms with E-state index in [4.69, 9.17) is 0 Å². The average molecular weight is 1400 g/mol. The zero-order valence-electron chi connectivity index (χ0n) is 56.2. The van der Waals surface area contributed by atoms with Gasteiger partial charge < -0.3 is 39.8 Å². The number of aliphatic hydroxyl groups excluding tert-OH is 2. The molecule has 100 heavy (non-hydrogen) atoms. The molecule has 0 unspecified atom stereocenters. The summed E-state index contributed by atoms with van der Waals surface area (Å²) in [5.74, 6) is -11.4. The fraction of sp³-hybridized carbons (Fsp3) is 0.421. The number of anilines is 2. The molecule has 12 aliphatic rings. The third kappa shape index (κ3) is 9.92. The van der Waals surface area contributed by atoms with Gasteiger partial charge in [-0.2, -0.15) is 0 Å². The third-order valence-corrected chi connectivity index (χ3v) is 31.6. The van der Waals surface area contributed by atoms with Crippen LogP contribution in [-0.4, -0.2) is 154 Å². The Hall–Kier alpha value is -8.59. The minimum atomic E-state index is -2.51. The van der Waals surface area contributed by atoms with Gasteiger partial charge in [0, 0.05) is 97.3 Å². The summed E-state index contributed by atoms with van der Waals surface area (Å²) < 4.78 is 107. The molecule has 8 heterocycles. The number of aryl methyl sites for hydroxylation is 2. The molecule has 6 aliphatic carbocycles. The molecule has 24 heteroatoms. The maximum absolute atomic E-state index is 17.5. The molecule has 2 N–H and O–H groups in total. The molecule has 0 radical (unpaired) electrons. The van der Waals surface area contributed by atoms with Gasteiger partial charge in [-0.3, -0.25) is 0 Å². The maximum Gasteiger partial charge on any atom is 0.199 e. The third-order valence-electron chi connectivity index (χ3n) is 24.6. The van der Waals surface area contributed by atoms with Crippen molar-refractivity contribution in [1.82, 2.24) is 30.0 Å². The van der Waals surface area contributed by atoms with Gasteiger partial charge >= 0.3 is 0 Å². The second-order valence-electron chi connectivity index (χ2n) is 30.2. The van der Waals surface area contributed by atoms with Crippen molar-refractivity contribution in [2.45, 2.75) is 103 Å². The Morgan fingerprint density at radius 3 is 1.23 bits per heavy atom. The van der Waals surface area contributed by atoms with E-state index in [-0.39, 0.29) is 36.2 Å². The summed E-state index contributed by atoms with van der Waals surface area (Å²) in [7, 11) is -5.01. The largest absolute Gasteiger partial charge is 0.545 e. The Bertz CT molecular complexity index is 4580. The first-order valence-corrected chi connectivity index (χ1v) is 41.5. The lowest BCUT2D eigenvalue weighted by molar-refractivity contribution is -0.582. The van der Waals surface area contributed by atoms with Crippen molar-refractivity contribution in [3.63, 3.8) is 0 Å². The lowest BCUT2D eigenvalue weighted by atomic mass is 9.86. The molecule has 516 valence electrons. The Kier molecular flexibility index (Phi) is 15.6. The second kappa shape index (κ2) is 24.0. The van der Waals surface area contributed by atoms with Crippen LogP contribution in [0.4, 0.5) is 37.7 Å². The molecule has 6 fully saturated rings. The Balaban J connectivity index is 0.000000150. The fourth-order valence-electron chi connectivity index (χ4n) is 18.2. The number of hydrogen-bond acceptors (Lipinski definition) is 12. The van der Waals surface area contributed by atoms with Gasteiger partial charge in [0.25, 0.3) is 0 Å². The van der Waals surface area contributed by atoms with Gasteiger partial charge in [0.1, 0.15) is 53.7 Å². The number of carboxylic acid groups (broad SMARTS) is 2. The number of aliphatic hydroxyl groups is 2. The van der Waals surface area contributed by atoms with Crippen LogP contribution < -0.4 is 30.4 Å². The van der Waals surface area contributed by atoms with E-state index in [9.17, 15) is 30.0 Å². The van der Waals surface area contributed by atoms with Crippen molar-refractivity contribution in [3.05, 3.63) is 185 Å². The van der Waals surface area contributed by atoms with Gasteiger partial charge in [0.05, 0.1) is 47.6 Å². The second-order valence-corrected chi connectivity index (χ2v) is 38.9. The summed E-state index contributed by atoms with van der Waals surface area (Å²) in [6, 6.07) is 11.9. The Morgan fingerprint density at radius 1 is 0.520 bits per heavy atom. The SMILES string of the molecule is C[Si]1(C)C2=CC(=[N+]3CCC3)C=CC2=C(c2c(F)c(-n3nnc4c3CC[C@@H]3[C@H](CO)[C@@H]3CC4)c(F)c(F)c2C(=O)[O-])c2ccc(N3CCC3)cc21.C[Si]1(C)C2=CC(=[N+]3CCC3)C=CC2=C(c2c(F)c(-n3nnc4c3CC[C@H]3[C@@H](CO)[C@H]3CC4)c(F)c(F)c2C(=O)[O-])c2ccc(N3CCC3)cc21. The van der Waals surface area contributed by atoms with E-state index < -0.39 is 96.6 Å². The van der Waals surface area contributed by atoms with Crippen molar-refractivity contribution in [2.75, 3.05) is 75.4 Å². The maximum atomic E-state index is 17.5. The van der Waals surface area contributed by atoms with Crippen LogP contribution >= 0.6 is 0 Å². The average Bonchev–Trinajstić information content (AvgIpc) is 1.06. The van der Waals surface area contributed by atoms with Crippen molar-refractivity contribution < 1.29 is 65.5 Å². The summed E-state index contributed by atoms with van der Waals surface area (Å²) >= 11 is 0. The molecule has 4 aromatic carbocycles. The first kappa shape index (κ1) is 64.8. The van der Waals surface area contributed by atoms with Crippen molar-refractivity contribution >= 4 is 72.4 Å². The number of allylic oxidation sites excluding steroid dienone is 10. The summed E-state index contributed by atoms with van der Waals surface area (Å²) in [6.07, 6.45) is 20.9. The molecule has 0 spiro atoms. The van der Waals surface area contributed by atoms with Crippen molar-refractivity contribution in [1.29, 1.82) is 0 Å². The highest BCUT2D eigenvalue weighted by Gasteiger charge is 2.52. The fourth-order valence-corrected chi connectivity index (χ4v) is 24.4. The quantitative estimate of drug-likeness (QED) is 0.0606. The zero-order valence-corrected chi connectivity index (χ0v) is 58.2. The first-order valence-electron chi connectivity index (χ1n) is 35.5. The Labute approximate surface area is 576 Å². The first-order chi connectivity index (χ1) is 48.2. The number of aromatic nitrogens is 6. The van der Waals surface area contributed by atoms with E-state index in [0.717, 1.165) is 144 Å². The zero-order chi connectivity index (χ0) is 69.3. The van der Waals surface area contributed by atoms with Crippen molar-refractivity contribution in [3.8, 4) is 11.4 Å². The highest BCUT2D eigenvalue weighted by Crippen LogP contribution is 2.55. The summed E-state index contributed by atoms with van der Waals surface area (Å²) in [5.41, 5.74) is 4.12. The van der Waals surface area contributed by atoms with Gasteiger partial charge in [-0.15, -0.1) is 10.2 Å². The van der Waals surface area contributed by atoms with E-state index >= 15 is 26.3 Å². The van der Waals surface area contributed by atoms with Gasteiger partial charge in [0.2, 0.25) is 0 Å². The highest BCUT2D eigenvalue weighted by atomic mass is 28.3. The predicted octanol–water partition coefficient (Wildman–Crippen LogP) is 7.23. The summed E-state index contributed by atoms with van der Waals surface area (Å²) in [6.45, 7) is 16.5. The smallest absolute Gasteiger partial charge is 0.199 e. The lowest BCUT2D eigenvalue weighted by Gasteiger charge is -2.40. The van der Waals surface area contributed by atoms with Crippen LogP contribution in [0.25, 0.3) is 22.5 Å². The number of carbonyl (C=O) groups is 2. The summed E-state index contributed by atoms with van der Waals surface area (Å²) in [4.78, 5) is 30.1. The molecule has 4 saturated heterocycles. The number of carboxylic acids is 2. The van der Waals surface area contributed by atoms with Crippen LogP contribution in [0.3, 0.4) is 0 Å². The number of fused-ring (bicyclic) bond motifs is 8. The molecule has 0 amide bonds. The monoisotopic (exact) mass is 1390 g/mol. The minimum absolute atomic E-state index is 0.0913. The number of hydrogen-bond donors (Lipinski definition) is 2. The molecule has 0 bridgehead atoms. The number of benzene rings is 4. The van der Waals surface area contributed by atoms with E-state index in [1.807, 2.05) is 48.6 Å². The van der Waals surface area contributed by atoms with Crippen molar-refractivity contribution in [2.24, 2.45) is 35.5 Å². The van der Waals surface area contributed by atoms with E-state index in [0.29, 0.717) is 107 Å². The number of halogens is 6. The number of rotatable bonds is 10. The topological polar surface area (TPSA) is 195 Å². The lowest BCUT2D eigenvalue weighted by Crippen LogP contribution is -2.50. The van der Waals surface area contributed by atoms with E-state index in [1.54, 1.807) is 0 Å². The highest BCUT2D eigenvalue weighted by molar-refractivity contribution is 6.98. The summed E-state index contributed by atoms with van der Waals surface area (Å²) in [5, 5.41) is 65.9. The van der Waals surface area contributed by atoms with Crippen LogP contribution in [0.15, 0.2) is 94.4 Å². The number of aromatic carboxylic acids is 2.